The van der Waals surface area contributed by atoms with Gasteiger partial charge in [0.2, 0.25) is 0 Å². The highest BCUT2D eigenvalue weighted by Gasteiger charge is 2.16. The average molecular weight is 286 g/mol. The van der Waals surface area contributed by atoms with Crippen LogP contribution in [0, 0.1) is 0 Å². The molecule has 0 spiro atoms. The molecule has 0 bridgehead atoms. The van der Waals surface area contributed by atoms with Crippen molar-refractivity contribution >= 4 is 33.6 Å². The van der Waals surface area contributed by atoms with E-state index in [0.29, 0.717) is 6.04 Å². The summed E-state index contributed by atoms with van der Waals surface area (Å²) >= 11 is 1.77. The van der Waals surface area contributed by atoms with E-state index in [1.807, 2.05) is 6.07 Å². The SMILES string of the molecule is CC(C)N(Cc1cccs1)c1cc2[nH]ncc2cc1N. The number of rotatable bonds is 4. The number of nitrogens with two attached hydrogens (primary N) is 1. The van der Waals surface area contributed by atoms with Crippen LogP contribution in [-0.2, 0) is 6.54 Å². The molecule has 2 heterocycles. The summed E-state index contributed by atoms with van der Waals surface area (Å²) in [5.74, 6) is 0. The highest BCUT2D eigenvalue weighted by Crippen LogP contribution is 2.31. The first-order valence-corrected chi connectivity index (χ1v) is 7.54. The number of nitrogens with zero attached hydrogens (tertiary/aromatic N) is 2. The van der Waals surface area contributed by atoms with Gasteiger partial charge in [-0.15, -0.1) is 11.3 Å². The molecule has 0 aliphatic carbocycles. The van der Waals surface area contributed by atoms with E-state index in [2.05, 4.69) is 52.5 Å². The lowest BCUT2D eigenvalue weighted by molar-refractivity contribution is 0.688. The Labute approximate surface area is 122 Å². The molecule has 2 aromatic heterocycles. The van der Waals surface area contributed by atoms with E-state index < -0.39 is 0 Å². The van der Waals surface area contributed by atoms with Crippen molar-refractivity contribution in [1.82, 2.24) is 10.2 Å². The molecule has 104 valence electrons. The van der Waals surface area contributed by atoms with E-state index in [0.717, 1.165) is 28.8 Å². The lowest BCUT2D eigenvalue weighted by Gasteiger charge is -2.29. The maximum Gasteiger partial charge on any atom is 0.0672 e. The van der Waals surface area contributed by atoms with Gasteiger partial charge < -0.3 is 10.6 Å². The molecule has 0 atom stereocenters. The predicted octanol–water partition coefficient (Wildman–Crippen LogP) is 3.62. The molecule has 0 aliphatic rings. The largest absolute Gasteiger partial charge is 0.397 e. The lowest BCUT2D eigenvalue weighted by Crippen LogP contribution is -2.30. The monoisotopic (exact) mass is 286 g/mol. The number of aromatic amines is 1. The summed E-state index contributed by atoms with van der Waals surface area (Å²) in [6.07, 6.45) is 1.80. The molecule has 0 unspecified atom stereocenters. The highest BCUT2D eigenvalue weighted by molar-refractivity contribution is 7.09. The van der Waals surface area contributed by atoms with Crippen LogP contribution in [0.15, 0.2) is 35.8 Å². The lowest BCUT2D eigenvalue weighted by atomic mass is 10.1. The number of H-pyrrole nitrogens is 1. The molecule has 0 saturated heterocycles. The van der Waals surface area contributed by atoms with Gasteiger partial charge >= 0.3 is 0 Å². The molecule has 3 N–H and O–H groups in total. The molecule has 0 fully saturated rings. The zero-order valence-electron chi connectivity index (χ0n) is 11.6. The van der Waals surface area contributed by atoms with Crippen LogP contribution < -0.4 is 10.6 Å². The van der Waals surface area contributed by atoms with Crippen LogP contribution >= 0.6 is 11.3 Å². The van der Waals surface area contributed by atoms with Gasteiger partial charge in [0.1, 0.15) is 0 Å². The second kappa shape index (κ2) is 5.17. The minimum Gasteiger partial charge on any atom is -0.397 e. The van der Waals surface area contributed by atoms with Gasteiger partial charge in [-0.25, -0.2) is 0 Å². The van der Waals surface area contributed by atoms with Crippen molar-refractivity contribution in [2.75, 3.05) is 10.6 Å². The number of nitrogens with one attached hydrogen (secondary N) is 1. The fraction of sp³-hybridized carbons (Fsp3) is 0.267. The van der Waals surface area contributed by atoms with E-state index in [9.17, 15) is 0 Å². The second-order valence-corrected chi connectivity index (χ2v) is 6.20. The molecule has 0 radical (unpaired) electrons. The molecule has 20 heavy (non-hydrogen) atoms. The van der Waals surface area contributed by atoms with Crippen LogP contribution in [0.4, 0.5) is 11.4 Å². The third-order valence-corrected chi connectivity index (χ3v) is 4.29. The van der Waals surface area contributed by atoms with Gasteiger partial charge in [0.15, 0.2) is 0 Å². The standard InChI is InChI=1S/C15H18N4S/c1-10(2)19(9-12-4-3-5-20-12)15-7-14-11(6-13(15)16)8-17-18-14/h3-8,10H,9,16H2,1-2H3,(H,17,18). The van der Waals surface area contributed by atoms with Crippen molar-refractivity contribution in [2.45, 2.75) is 26.4 Å². The van der Waals surface area contributed by atoms with Gasteiger partial charge in [-0.1, -0.05) is 6.07 Å². The molecule has 3 aromatic rings. The van der Waals surface area contributed by atoms with Crippen molar-refractivity contribution in [3.05, 3.63) is 40.7 Å². The quantitative estimate of drug-likeness (QED) is 0.720. The molecule has 3 rings (SSSR count). The van der Waals surface area contributed by atoms with Crippen molar-refractivity contribution in [3.63, 3.8) is 0 Å². The normalized spacial score (nSPS) is 11.3. The molecule has 0 aliphatic heterocycles. The summed E-state index contributed by atoms with van der Waals surface area (Å²) < 4.78 is 0. The predicted molar refractivity (Wildman–Crippen MR) is 86.1 cm³/mol. The number of anilines is 2. The molecule has 0 amide bonds. The Balaban J connectivity index is 2.02. The van der Waals surface area contributed by atoms with Gasteiger partial charge in [-0.2, -0.15) is 5.10 Å². The first-order chi connectivity index (χ1) is 9.65. The first kappa shape index (κ1) is 13.0. The molecule has 4 nitrogen and oxygen atoms in total. The van der Waals surface area contributed by atoms with Crippen LogP contribution in [0.25, 0.3) is 10.9 Å². The van der Waals surface area contributed by atoms with Crippen LogP contribution in [0.3, 0.4) is 0 Å². The third-order valence-electron chi connectivity index (χ3n) is 3.43. The molecule has 1 aromatic carbocycles. The number of hydrogen-bond donors (Lipinski definition) is 2. The minimum atomic E-state index is 0.375. The van der Waals surface area contributed by atoms with Crippen molar-refractivity contribution in [3.8, 4) is 0 Å². The number of benzene rings is 1. The van der Waals surface area contributed by atoms with Gasteiger partial charge in [-0.05, 0) is 37.4 Å². The highest BCUT2D eigenvalue weighted by atomic mass is 32.1. The Morgan fingerprint density at radius 1 is 1.40 bits per heavy atom. The molecule has 5 heteroatoms. The average Bonchev–Trinajstić information content (AvgIpc) is 3.05. The Morgan fingerprint density at radius 2 is 2.25 bits per heavy atom. The Bertz CT molecular complexity index is 700. The minimum absolute atomic E-state index is 0.375. The van der Waals surface area contributed by atoms with E-state index in [4.69, 9.17) is 5.73 Å². The first-order valence-electron chi connectivity index (χ1n) is 6.67. The van der Waals surface area contributed by atoms with E-state index >= 15 is 0 Å². The fourth-order valence-electron chi connectivity index (χ4n) is 2.36. The smallest absolute Gasteiger partial charge is 0.0672 e. The summed E-state index contributed by atoms with van der Waals surface area (Å²) in [5, 5.41) is 10.2. The van der Waals surface area contributed by atoms with Crippen LogP contribution in [0.2, 0.25) is 0 Å². The fourth-order valence-corrected chi connectivity index (χ4v) is 3.07. The number of fused-ring (bicyclic) bond motifs is 1. The molecular weight excluding hydrogens is 268 g/mol. The van der Waals surface area contributed by atoms with Crippen LogP contribution in [-0.4, -0.2) is 16.2 Å². The summed E-state index contributed by atoms with van der Waals surface area (Å²) in [6, 6.07) is 8.69. The number of aromatic nitrogens is 2. The molecule has 0 saturated carbocycles. The zero-order valence-corrected chi connectivity index (χ0v) is 12.4. The topological polar surface area (TPSA) is 57.9 Å². The van der Waals surface area contributed by atoms with Gasteiger partial charge in [0, 0.05) is 16.3 Å². The summed E-state index contributed by atoms with van der Waals surface area (Å²) in [7, 11) is 0. The van der Waals surface area contributed by atoms with Crippen LogP contribution in [0.5, 0.6) is 0 Å². The summed E-state index contributed by atoms with van der Waals surface area (Å²) in [5.41, 5.74) is 9.11. The third kappa shape index (κ3) is 2.36. The van der Waals surface area contributed by atoms with E-state index in [1.54, 1.807) is 17.5 Å². The zero-order chi connectivity index (χ0) is 14.1. The summed E-state index contributed by atoms with van der Waals surface area (Å²) in [6.45, 7) is 5.24. The number of hydrogen-bond acceptors (Lipinski definition) is 4. The van der Waals surface area contributed by atoms with Crippen molar-refractivity contribution in [1.29, 1.82) is 0 Å². The van der Waals surface area contributed by atoms with Crippen molar-refractivity contribution < 1.29 is 0 Å². The Morgan fingerprint density at radius 3 is 2.95 bits per heavy atom. The number of nitrogen functional groups attached to an aromatic ring is 1. The van der Waals surface area contributed by atoms with E-state index in [1.165, 1.54) is 4.88 Å². The number of thiophene rings is 1. The van der Waals surface area contributed by atoms with E-state index in [-0.39, 0.29) is 0 Å². The Kier molecular flexibility index (Phi) is 3.36. The van der Waals surface area contributed by atoms with Crippen LogP contribution in [0.1, 0.15) is 18.7 Å². The van der Waals surface area contributed by atoms with Gasteiger partial charge in [-0.3, -0.25) is 5.10 Å². The van der Waals surface area contributed by atoms with Crippen molar-refractivity contribution in [2.24, 2.45) is 0 Å². The maximum absolute atomic E-state index is 6.23. The molecular formula is C15H18N4S. The summed E-state index contributed by atoms with van der Waals surface area (Å²) in [4.78, 5) is 3.66. The Hall–Kier alpha value is -2.01. The van der Waals surface area contributed by atoms with Gasteiger partial charge in [0.25, 0.3) is 0 Å². The maximum atomic E-state index is 6.23. The second-order valence-electron chi connectivity index (χ2n) is 5.17. The van der Waals surface area contributed by atoms with Gasteiger partial charge in [0.05, 0.1) is 29.6 Å².